The van der Waals surface area contributed by atoms with Crippen LogP contribution in [0.4, 0.5) is 0 Å². The number of rotatable bonds is 3. The molecule has 0 radical (unpaired) electrons. The highest BCUT2D eigenvalue weighted by Crippen LogP contribution is 2.34. The van der Waals surface area contributed by atoms with E-state index >= 15 is 0 Å². The summed E-state index contributed by atoms with van der Waals surface area (Å²) in [5.41, 5.74) is 0. The summed E-state index contributed by atoms with van der Waals surface area (Å²) in [7, 11) is 0. The molecule has 70 valence electrons. The van der Waals surface area contributed by atoms with Gasteiger partial charge in [0, 0.05) is 0 Å². The van der Waals surface area contributed by atoms with E-state index in [2.05, 4.69) is 39.8 Å². The van der Waals surface area contributed by atoms with Crippen LogP contribution in [-0.4, -0.2) is 0 Å². The van der Waals surface area contributed by atoms with Gasteiger partial charge in [-0.2, -0.15) is 0 Å². The number of allylic oxidation sites excluding steroid dienone is 2. The third-order valence-corrected chi connectivity index (χ3v) is 3.38. The lowest BCUT2D eigenvalue weighted by Gasteiger charge is -2.19. The molecule has 2 unspecified atom stereocenters. The molecule has 0 nitrogen and oxygen atoms in total. The molecule has 0 saturated carbocycles. The van der Waals surface area contributed by atoms with Crippen molar-refractivity contribution in [2.24, 2.45) is 23.7 Å². The van der Waals surface area contributed by atoms with Crippen molar-refractivity contribution in [1.82, 2.24) is 0 Å². The zero-order valence-electron chi connectivity index (χ0n) is 8.88. The average Bonchev–Trinajstić information content (AvgIpc) is 2.51. The van der Waals surface area contributed by atoms with Gasteiger partial charge in [-0.3, -0.25) is 0 Å². The van der Waals surface area contributed by atoms with Crippen molar-refractivity contribution in [2.75, 3.05) is 0 Å². The first-order chi connectivity index (χ1) is 5.65. The van der Waals surface area contributed by atoms with E-state index in [9.17, 15) is 0 Å². The summed E-state index contributed by atoms with van der Waals surface area (Å²) >= 11 is 0. The molecule has 0 aliphatic heterocycles. The SMILES string of the molecule is CC[C@H](C)C1C=CC(C(C)C)C1. The maximum absolute atomic E-state index is 2.44. The van der Waals surface area contributed by atoms with Crippen LogP contribution in [0.15, 0.2) is 12.2 Å². The first-order valence-electron chi connectivity index (χ1n) is 5.33. The Kier molecular flexibility index (Phi) is 3.37. The lowest BCUT2D eigenvalue weighted by Crippen LogP contribution is -2.10. The third-order valence-electron chi connectivity index (χ3n) is 3.38. The molecular formula is C12H22. The van der Waals surface area contributed by atoms with Crippen LogP contribution in [-0.2, 0) is 0 Å². The standard InChI is InChI=1S/C12H22/c1-5-10(4)12-7-6-11(8-12)9(2)3/h6-7,9-12H,5,8H2,1-4H3/t10-,11?,12?/m0/s1. The Morgan fingerprint density at radius 2 is 1.75 bits per heavy atom. The van der Waals surface area contributed by atoms with E-state index in [4.69, 9.17) is 0 Å². The fraction of sp³-hybridized carbons (Fsp3) is 0.833. The second kappa shape index (κ2) is 4.11. The highest BCUT2D eigenvalue weighted by Gasteiger charge is 2.24. The Morgan fingerprint density at radius 1 is 1.17 bits per heavy atom. The first kappa shape index (κ1) is 9.83. The van der Waals surface area contributed by atoms with E-state index in [-0.39, 0.29) is 0 Å². The van der Waals surface area contributed by atoms with E-state index in [1.165, 1.54) is 12.8 Å². The molecule has 0 aromatic heterocycles. The predicted octanol–water partition coefficient (Wildman–Crippen LogP) is 3.88. The second-order valence-electron chi connectivity index (χ2n) is 4.58. The van der Waals surface area contributed by atoms with Crippen LogP contribution in [0.25, 0.3) is 0 Å². The third kappa shape index (κ3) is 2.12. The molecule has 0 saturated heterocycles. The Balaban J connectivity index is 2.42. The summed E-state index contributed by atoms with van der Waals surface area (Å²) in [4.78, 5) is 0. The van der Waals surface area contributed by atoms with Crippen LogP contribution in [0.3, 0.4) is 0 Å². The molecule has 0 aromatic carbocycles. The zero-order valence-corrected chi connectivity index (χ0v) is 8.88. The summed E-state index contributed by atoms with van der Waals surface area (Å²) in [6.45, 7) is 9.32. The van der Waals surface area contributed by atoms with Gasteiger partial charge in [0.05, 0.1) is 0 Å². The van der Waals surface area contributed by atoms with Crippen molar-refractivity contribution in [2.45, 2.75) is 40.5 Å². The van der Waals surface area contributed by atoms with Gasteiger partial charge in [-0.05, 0) is 30.1 Å². The lowest BCUT2D eigenvalue weighted by atomic mass is 9.86. The van der Waals surface area contributed by atoms with Crippen molar-refractivity contribution in [1.29, 1.82) is 0 Å². The molecule has 0 heteroatoms. The molecule has 0 spiro atoms. The van der Waals surface area contributed by atoms with Crippen molar-refractivity contribution < 1.29 is 0 Å². The van der Waals surface area contributed by atoms with E-state index in [1.54, 1.807) is 0 Å². The summed E-state index contributed by atoms with van der Waals surface area (Å²) < 4.78 is 0. The highest BCUT2D eigenvalue weighted by molar-refractivity contribution is 5.03. The number of hydrogen-bond donors (Lipinski definition) is 0. The molecule has 0 bridgehead atoms. The minimum atomic E-state index is 0.829. The lowest BCUT2D eigenvalue weighted by molar-refractivity contribution is 0.341. The molecule has 12 heavy (non-hydrogen) atoms. The highest BCUT2D eigenvalue weighted by atomic mass is 14.3. The smallest absolute Gasteiger partial charge is 0.0202 e. The van der Waals surface area contributed by atoms with Crippen LogP contribution in [0.5, 0.6) is 0 Å². The molecular weight excluding hydrogens is 144 g/mol. The summed E-state index contributed by atoms with van der Waals surface area (Å²) in [5.74, 6) is 3.42. The average molecular weight is 166 g/mol. The molecule has 0 fully saturated rings. The summed E-state index contributed by atoms with van der Waals surface area (Å²) in [5, 5.41) is 0. The molecule has 0 N–H and O–H groups in total. The van der Waals surface area contributed by atoms with Gasteiger partial charge < -0.3 is 0 Å². The molecule has 0 amide bonds. The van der Waals surface area contributed by atoms with Gasteiger partial charge in [0.25, 0.3) is 0 Å². The van der Waals surface area contributed by atoms with E-state index in [1.807, 2.05) is 0 Å². The van der Waals surface area contributed by atoms with Crippen LogP contribution >= 0.6 is 0 Å². The van der Waals surface area contributed by atoms with E-state index in [0.29, 0.717) is 0 Å². The van der Waals surface area contributed by atoms with E-state index < -0.39 is 0 Å². The normalized spacial score (nSPS) is 31.4. The Labute approximate surface area is 77.1 Å². The maximum atomic E-state index is 2.44. The van der Waals surface area contributed by atoms with E-state index in [0.717, 1.165) is 23.7 Å². The molecule has 3 atom stereocenters. The minimum absolute atomic E-state index is 0.829. The fourth-order valence-electron chi connectivity index (χ4n) is 1.98. The van der Waals surface area contributed by atoms with Crippen molar-refractivity contribution in [3.63, 3.8) is 0 Å². The predicted molar refractivity (Wildman–Crippen MR) is 55.0 cm³/mol. The second-order valence-corrected chi connectivity index (χ2v) is 4.58. The topological polar surface area (TPSA) is 0 Å². The molecule has 0 heterocycles. The van der Waals surface area contributed by atoms with Crippen molar-refractivity contribution in [3.8, 4) is 0 Å². The summed E-state index contributed by atoms with van der Waals surface area (Å²) in [6, 6.07) is 0. The van der Waals surface area contributed by atoms with Crippen LogP contribution < -0.4 is 0 Å². The molecule has 1 aliphatic rings. The summed E-state index contributed by atoms with van der Waals surface area (Å²) in [6.07, 6.45) is 7.59. The Morgan fingerprint density at radius 3 is 2.17 bits per heavy atom. The quantitative estimate of drug-likeness (QED) is 0.558. The fourth-order valence-corrected chi connectivity index (χ4v) is 1.98. The molecule has 1 aliphatic carbocycles. The van der Waals surface area contributed by atoms with Gasteiger partial charge in [-0.25, -0.2) is 0 Å². The van der Waals surface area contributed by atoms with Gasteiger partial charge in [0.1, 0.15) is 0 Å². The number of hydrogen-bond acceptors (Lipinski definition) is 0. The first-order valence-corrected chi connectivity index (χ1v) is 5.33. The zero-order chi connectivity index (χ0) is 9.14. The Bertz CT molecular complexity index is 155. The van der Waals surface area contributed by atoms with Crippen LogP contribution in [0.2, 0.25) is 0 Å². The van der Waals surface area contributed by atoms with Crippen LogP contribution in [0, 0.1) is 23.7 Å². The van der Waals surface area contributed by atoms with Crippen LogP contribution in [0.1, 0.15) is 40.5 Å². The minimum Gasteiger partial charge on any atom is -0.0849 e. The van der Waals surface area contributed by atoms with Gasteiger partial charge in [0.15, 0.2) is 0 Å². The van der Waals surface area contributed by atoms with Gasteiger partial charge >= 0.3 is 0 Å². The largest absolute Gasteiger partial charge is 0.0849 e. The monoisotopic (exact) mass is 166 g/mol. The van der Waals surface area contributed by atoms with Crippen molar-refractivity contribution in [3.05, 3.63) is 12.2 Å². The van der Waals surface area contributed by atoms with Gasteiger partial charge in [-0.15, -0.1) is 0 Å². The maximum Gasteiger partial charge on any atom is -0.0202 e. The molecule has 1 rings (SSSR count). The van der Waals surface area contributed by atoms with Gasteiger partial charge in [0.2, 0.25) is 0 Å². The van der Waals surface area contributed by atoms with Crippen molar-refractivity contribution >= 4 is 0 Å². The van der Waals surface area contributed by atoms with Gasteiger partial charge in [-0.1, -0.05) is 46.3 Å². The molecule has 0 aromatic rings. The Hall–Kier alpha value is -0.260.